The molecule has 3 rings (SSSR count). The van der Waals surface area contributed by atoms with Gasteiger partial charge in [-0.3, -0.25) is 9.59 Å². The first kappa shape index (κ1) is 16.5. The number of hydrogen-bond acceptors (Lipinski definition) is 4. The lowest BCUT2D eigenvalue weighted by atomic mass is 10.1. The van der Waals surface area contributed by atoms with Gasteiger partial charge in [-0.15, -0.1) is 0 Å². The average Bonchev–Trinajstić information content (AvgIpc) is 3.23. The summed E-state index contributed by atoms with van der Waals surface area (Å²) in [7, 11) is 0. The van der Waals surface area contributed by atoms with E-state index in [9.17, 15) is 9.59 Å². The zero-order valence-corrected chi connectivity index (χ0v) is 13.7. The van der Waals surface area contributed by atoms with E-state index < -0.39 is 0 Å². The van der Waals surface area contributed by atoms with Gasteiger partial charge in [-0.05, 0) is 49.7 Å². The van der Waals surface area contributed by atoms with Gasteiger partial charge in [0, 0.05) is 18.2 Å². The van der Waals surface area contributed by atoms with E-state index in [0.717, 1.165) is 19.4 Å². The van der Waals surface area contributed by atoms with Gasteiger partial charge in [-0.1, -0.05) is 11.6 Å². The predicted molar refractivity (Wildman–Crippen MR) is 92.4 cm³/mol. The minimum Gasteiger partial charge on any atom is -0.459 e. The Kier molecular flexibility index (Phi) is 5.17. The SMILES string of the molecule is O=C(CC1CCCN1)Nc1ccc(NC(=O)c2ccco2)c(Cl)c1. The molecule has 0 radical (unpaired) electrons. The van der Waals surface area contributed by atoms with Crippen LogP contribution in [-0.4, -0.2) is 24.4 Å². The molecule has 0 spiro atoms. The van der Waals surface area contributed by atoms with E-state index in [2.05, 4.69) is 16.0 Å². The lowest BCUT2D eigenvalue weighted by molar-refractivity contribution is -0.116. The second kappa shape index (κ2) is 7.51. The number of furan rings is 1. The predicted octanol–water partition coefficient (Wildman–Crippen LogP) is 3.27. The molecule has 1 fully saturated rings. The van der Waals surface area contributed by atoms with Crippen LogP contribution in [0, 0.1) is 0 Å². The highest BCUT2D eigenvalue weighted by Gasteiger charge is 2.18. The lowest BCUT2D eigenvalue weighted by Crippen LogP contribution is -2.27. The Hall–Kier alpha value is -2.31. The Labute approximate surface area is 144 Å². The molecule has 1 aliphatic heterocycles. The van der Waals surface area contributed by atoms with Gasteiger partial charge in [0.25, 0.3) is 5.91 Å². The van der Waals surface area contributed by atoms with Gasteiger partial charge in [0.05, 0.1) is 17.0 Å². The highest BCUT2D eigenvalue weighted by molar-refractivity contribution is 6.34. The standard InChI is InChI=1S/C17H18ClN3O3/c18-13-9-12(20-16(22)10-11-3-1-7-19-11)5-6-14(13)21-17(23)15-4-2-8-24-15/h2,4-6,8-9,11,19H,1,3,7,10H2,(H,20,22)(H,21,23). The average molecular weight is 348 g/mol. The second-order valence-corrected chi connectivity index (χ2v) is 6.08. The molecule has 0 bridgehead atoms. The second-order valence-electron chi connectivity index (χ2n) is 5.67. The van der Waals surface area contributed by atoms with Crippen molar-refractivity contribution < 1.29 is 14.0 Å². The number of halogens is 1. The summed E-state index contributed by atoms with van der Waals surface area (Å²) in [6.45, 7) is 0.966. The molecule has 1 saturated heterocycles. The number of nitrogens with one attached hydrogen (secondary N) is 3. The van der Waals surface area contributed by atoms with Crippen LogP contribution < -0.4 is 16.0 Å². The maximum atomic E-state index is 12.0. The van der Waals surface area contributed by atoms with Crippen LogP contribution in [0.5, 0.6) is 0 Å². The molecule has 1 aromatic carbocycles. The third-order valence-electron chi connectivity index (χ3n) is 3.84. The quantitative estimate of drug-likeness (QED) is 0.775. The molecule has 2 heterocycles. The van der Waals surface area contributed by atoms with Crippen molar-refractivity contribution in [3.8, 4) is 0 Å². The van der Waals surface area contributed by atoms with Crippen molar-refractivity contribution in [3.05, 3.63) is 47.4 Å². The number of carbonyl (C=O) groups excluding carboxylic acids is 2. The monoisotopic (exact) mass is 347 g/mol. The van der Waals surface area contributed by atoms with Crippen molar-refractivity contribution in [1.29, 1.82) is 0 Å². The van der Waals surface area contributed by atoms with Crippen LogP contribution in [0.15, 0.2) is 41.0 Å². The number of carbonyl (C=O) groups is 2. The zero-order valence-electron chi connectivity index (χ0n) is 13.0. The van der Waals surface area contributed by atoms with Gasteiger partial charge in [0.2, 0.25) is 5.91 Å². The summed E-state index contributed by atoms with van der Waals surface area (Å²) < 4.78 is 5.03. The van der Waals surface area contributed by atoms with Crippen LogP contribution in [-0.2, 0) is 4.79 Å². The minimum absolute atomic E-state index is 0.0576. The van der Waals surface area contributed by atoms with Crippen molar-refractivity contribution in [2.75, 3.05) is 17.2 Å². The van der Waals surface area contributed by atoms with E-state index >= 15 is 0 Å². The Morgan fingerprint density at radius 1 is 1.29 bits per heavy atom. The molecular weight excluding hydrogens is 330 g/mol. The van der Waals surface area contributed by atoms with E-state index in [0.29, 0.717) is 22.8 Å². The largest absolute Gasteiger partial charge is 0.459 e. The van der Waals surface area contributed by atoms with Crippen LogP contribution >= 0.6 is 11.6 Å². The fourth-order valence-corrected chi connectivity index (χ4v) is 2.88. The first-order valence-electron chi connectivity index (χ1n) is 7.79. The summed E-state index contributed by atoms with van der Waals surface area (Å²) in [6.07, 6.45) is 3.99. The summed E-state index contributed by atoms with van der Waals surface area (Å²) in [5.74, 6) is -0.239. The first-order chi connectivity index (χ1) is 11.6. The normalized spacial score (nSPS) is 16.8. The van der Waals surface area contributed by atoms with E-state index in [-0.39, 0.29) is 23.6 Å². The van der Waals surface area contributed by atoms with Crippen molar-refractivity contribution in [2.24, 2.45) is 0 Å². The summed E-state index contributed by atoms with van der Waals surface area (Å²) in [6, 6.07) is 8.39. The molecule has 0 aliphatic carbocycles. The first-order valence-corrected chi connectivity index (χ1v) is 8.17. The molecule has 0 saturated carbocycles. The Morgan fingerprint density at radius 2 is 2.17 bits per heavy atom. The van der Waals surface area contributed by atoms with E-state index in [1.165, 1.54) is 6.26 Å². The molecular formula is C17H18ClN3O3. The molecule has 1 atom stereocenters. The summed E-state index contributed by atoms with van der Waals surface area (Å²) in [5.41, 5.74) is 1.05. The Bertz CT molecular complexity index is 725. The van der Waals surface area contributed by atoms with E-state index in [1.807, 2.05) is 0 Å². The molecule has 126 valence electrons. The van der Waals surface area contributed by atoms with E-state index in [1.54, 1.807) is 30.3 Å². The maximum Gasteiger partial charge on any atom is 0.291 e. The molecule has 2 aromatic rings. The molecule has 6 nitrogen and oxygen atoms in total. The Balaban J connectivity index is 1.59. The van der Waals surface area contributed by atoms with Crippen LogP contribution in [0.4, 0.5) is 11.4 Å². The summed E-state index contributed by atoms with van der Waals surface area (Å²) >= 11 is 6.18. The van der Waals surface area contributed by atoms with Crippen LogP contribution in [0.25, 0.3) is 0 Å². The molecule has 1 aromatic heterocycles. The molecule has 3 N–H and O–H groups in total. The highest BCUT2D eigenvalue weighted by Crippen LogP contribution is 2.26. The van der Waals surface area contributed by atoms with E-state index in [4.69, 9.17) is 16.0 Å². The van der Waals surface area contributed by atoms with Gasteiger partial charge in [0.1, 0.15) is 0 Å². The zero-order chi connectivity index (χ0) is 16.9. The smallest absolute Gasteiger partial charge is 0.291 e. The lowest BCUT2D eigenvalue weighted by Gasteiger charge is -2.12. The number of benzene rings is 1. The fourth-order valence-electron chi connectivity index (χ4n) is 2.65. The van der Waals surface area contributed by atoms with Crippen molar-refractivity contribution >= 4 is 34.8 Å². The third kappa shape index (κ3) is 4.15. The number of amides is 2. The molecule has 24 heavy (non-hydrogen) atoms. The van der Waals surface area contributed by atoms with Gasteiger partial charge >= 0.3 is 0 Å². The third-order valence-corrected chi connectivity index (χ3v) is 4.15. The van der Waals surface area contributed by atoms with Crippen LogP contribution in [0.2, 0.25) is 5.02 Å². The number of rotatable bonds is 5. The highest BCUT2D eigenvalue weighted by atomic mass is 35.5. The molecule has 1 unspecified atom stereocenters. The van der Waals surface area contributed by atoms with Gasteiger partial charge < -0.3 is 20.4 Å². The van der Waals surface area contributed by atoms with Crippen LogP contribution in [0.1, 0.15) is 29.8 Å². The summed E-state index contributed by atoms with van der Waals surface area (Å²) in [5, 5.41) is 9.11. The van der Waals surface area contributed by atoms with Gasteiger partial charge in [-0.25, -0.2) is 0 Å². The van der Waals surface area contributed by atoms with Gasteiger partial charge in [-0.2, -0.15) is 0 Å². The van der Waals surface area contributed by atoms with Crippen molar-refractivity contribution in [3.63, 3.8) is 0 Å². The van der Waals surface area contributed by atoms with Crippen LogP contribution in [0.3, 0.4) is 0 Å². The fraction of sp³-hybridized carbons (Fsp3) is 0.294. The van der Waals surface area contributed by atoms with Crippen molar-refractivity contribution in [2.45, 2.75) is 25.3 Å². The van der Waals surface area contributed by atoms with Gasteiger partial charge in [0.15, 0.2) is 5.76 Å². The molecule has 2 amide bonds. The summed E-state index contributed by atoms with van der Waals surface area (Å²) in [4.78, 5) is 24.0. The number of hydrogen-bond donors (Lipinski definition) is 3. The maximum absolute atomic E-state index is 12.0. The Morgan fingerprint density at radius 3 is 2.83 bits per heavy atom. The minimum atomic E-state index is -0.383. The van der Waals surface area contributed by atoms with Crippen molar-refractivity contribution in [1.82, 2.24) is 5.32 Å². The topological polar surface area (TPSA) is 83.4 Å². The number of anilines is 2. The molecule has 7 heteroatoms. The molecule has 1 aliphatic rings.